The van der Waals surface area contributed by atoms with Crippen LogP contribution in [0.25, 0.3) is 22.0 Å². The Bertz CT molecular complexity index is 1000. The molecule has 0 bridgehead atoms. The molecule has 5 rings (SSSR count). The summed E-state index contributed by atoms with van der Waals surface area (Å²) in [5.74, 6) is 1.52. The van der Waals surface area contributed by atoms with Crippen LogP contribution in [0, 0.1) is 29.7 Å². The Balaban J connectivity index is 0.000000191. The molecule has 6 atom stereocenters. The normalized spacial score (nSPS) is 28.5. The molecule has 0 aliphatic heterocycles. The quantitative estimate of drug-likeness (QED) is 0.299. The van der Waals surface area contributed by atoms with Crippen LogP contribution in [0.5, 0.6) is 0 Å². The van der Waals surface area contributed by atoms with Crippen LogP contribution >= 0.6 is 0 Å². The Hall–Kier alpha value is -1.58. The van der Waals surface area contributed by atoms with E-state index in [0.717, 1.165) is 36.9 Å². The molecule has 2 aliphatic carbocycles. The number of aromatic nitrogens is 1. The molecule has 2 fully saturated rings. The van der Waals surface area contributed by atoms with E-state index in [2.05, 4.69) is 43.1 Å². The fraction of sp³-hybridized carbons (Fsp3) is 0.516. The molecular weight excluding hydrogens is 611 g/mol. The second-order valence-electron chi connectivity index (χ2n) is 10.2. The summed E-state index contributed by atoms with van der Waals surface area (Å²) in [6.07, 6.45) is 10.7. The number of hydrogen-bond acceptors (Lipinski definition) is 3. The SMILES string of the molecule is CC[C@@H]1CCCC2CCC[C@H](CC)C(O)C2C1O.[Ir].[c-]1ccccc1-c1cc2ccccc2cn1. The van der Waals surface area contributed by atoms with Crippen molar-refractivity contribution in [1.82, 2.24) is 4.98 Å². The Labute approximate surface area is 224 Å². The molecule has 1 heterocycles. The Morgan fingerprint density at radius 1 is 0.829 bits per heavy atom. The fourth-order valence-corrected chi connectivity index (χ4v) is 6.22. The summed E-state index contributed by atoms with van der Waals surface area (Å²) in [5.41, 5.74) is 2.01. The fourth-order valence-electron chi connectivity index (χ4n) is 6.22. The molecule has 2 aliphatic rings. The summed E-state index contributed by atoms with van der Waals surface area (Å²) in [4.78, 5) is 4.45. The predicted molar refractivity (Wildman–Crippen MR) is 140 cm³/mol. The van der Waals surface area contributed by atoms with Crippen molar-refractivity contribution < 1.29 is 30.3 Å². The van der Waals surface area contributed by atoms with Crippen LogP contribution in [0.4, 0.5) is 0 Å². The third-order valence-corrected chi connectivity index (χ3v) is 8.26. The van der Waals surface area contributed by atoms with Crippen molar-refractivity contribution in [2.45, 2.75) is 77.4 Å². The summed E-state index contributed by atoms with van der Waals surface area (Å²) in [7, 11) is 0. The smallest absolute Gasteiger partial charge is 0.0623 e. The standard InChI is InChI=1S/C16H30O2.C15H10N.Ir/c1-3-11-7-5-9-13-10-6-8-12(4-2)16(18)14(13)15(11)17;1-2-6-12(7-3-1)15-10-13-8-4-5-9-14(13)11-16-15;/h11-18H,3-10H2,1-2H3;1-6,8-11H;/q;-1;/t11-,12+,13?,14?,15?,16?;;. The minimum Gasteiger partial charge on any atom is -0.392 e. The molecule has 2 N–H and O–H groups in total. The van der Waals surface area contributed by atoms with Crippen LogP contribution < -0.4 is 0 Å². The number of rotatable bonds is 3. The Morgan fingerprint density at radius 3 is 2.00 bits per heavy atom. The van der Waals surface area contributed by atoms with Gasteiger partial charge in [0.05, 0.1) is 12.2 Å². The molecule has 1 aromatic heterocycles. The summed E-state index contributed by atoms with van der Waals surface area (Å²) in [6.45, 7) is 4.35. The largest absolute Gasteiger partial charge is 0.392 e. The zero-order chi connectivity index (χ0) is 23.9. The van der Waals surface area contributed by atoms with Crippen LogP contribution in [0.3, 0.4) is 0 Å². The average Bonchev–Trinajstić information content (AvgIpc) is 3.15. The maximum absolute atomic E-state index is 10.7. The van der Waals surface area contributed by atoms with Gasteiger partial charge in [0.1, 0.15) is 0 Å². The maximum atomic E-state index is 10.7. The van der Waals surface area contributed by atoms with Gasteiger partial charge in [-0.3, -0.25) is 0 Å². The summed E-state index contributed by atoms with van der Waals surface area (Å²) < 4.78 is 0. The molecule has 0 saturated heterocycles. The first kappa shape index (κ1) is 28.0. The number of aliphatic hydroxyl groups is 2. The van der Waals surface area contributed by atoms with E-state index in [0.29, 0.717) is 17.8 Å². The first-order valence-corrected chi connectivity index (χ1v) is 13.3. The molecule has 35 heavy (non-hydrogen) atoms. The molecule has 3 aromatic rings. The van der Waals surface area contributed by atoms with E-state index < -0.39 is 0 Å². The molecule has 2 aromatic carbocycles. The molecule has 191 valence electrons. The molecular formula is C31H40IrNO2-. The summed E-state index contributed by atoms with van der Waals surface area (Å²) in [6, 6.07) is 21.4. The molecule has 2 saturated carbocycles. The van der Waals surface area contributed by atoms with E-state index in [9.17, 15) is 10.2 Å². The third-order valence-electron chi connectivity index (χ3n) is 8.26. The third kappa shape index (κ3) is 6.80. The van der Waals surface area contributed by atoms with Crippen molar-refractivity contribution in [2.24, 2.45) is 23.7 Å². The van der Waals surface area contributed by atoms with Gasteiger partial charge in [0.15, 0.2) is 0 Å². The predicted octanol–water partition coefficient (Wildman–Crippen LogP) is 7.06. The van der Waals surface area contributed by atoms with Gasteiger partial charge < -0.3 is 15.2 Å². The van der Waals surface area contributed by atoms with Gasteiger partial charge in [-0.05, 0) is 59.9 Å². The first-order chi connectivity index (χ1) is 16.6. The zero-order valence-electron chi connectivity index (χ0n) is 21.1. The van der Waals surface area contributed by atoms with Crippen LogP contribution in [0.2, 0.25) is 0 Å². The van der Waals surface area contributed by atoms with E-state index in [1.807, 2.05) is 42.6 Å². The summed E-state index contributed by atoms with van der Waals surface area (Å²) >= 11 is 0. The second kappa shape index (κ2) is 13.7. The van der Waals surface area contributed by atoms with E-state index in [-0.39, 0.29) is 38.2 Å². The number of pyridine rings is 1. The van der Waals surface area contributed by atoms with E-state index in [1.54, 1.807) is 0 Å². The number of aliphatic hydroxyl groups excluding tert-OH is 2. The van der Waals surface area contributed by atoms with Gasteiger partial charge in [0.25, 0.3) is 0 Å². The van der Waals surface area contributed by atoms with Gasteiger partial charge >= 0.3 is 0 Å². The molecule has 0 amide bonds. The van der Waals surface area contributed by atoms with Crippen molar-refractivity contribution in [1.29, 1.82) is 0 Å². The van der Waals surface area contributed by atoms with Crippen LogP contribution in [-0.4, -0.2) is 27.4 Å². The van der Waals surface area contributed by atoms with Gasteiger partial charge in [-0.1, -0.05) is 69.9 Å². The molecule has 1 radical (unpaired) electrons. The molecule has 4 heteroatoms. The van der Waals surface area contributed by atoms with Crippen molar-refractivity contribution in [2.75, 3.05) is 0 Å². The van der Waals surface area contributed by atoms with E-state index >= 15 is 0 Å². The minimum atomic E-state index is -0.273. The van der Waals surface area contributed by atoms with Crippen LogP contribution in [-0.2, 0) is 20.1 Å². The number of fused-ring (bicyclic) bond motifs is 2. The van der Waals surface area contributed by atoms with Crippen LogP contribution in [0.15, 0.2) is 60.8 Å². The van der Waals surface area contributed by atoms with Gasteiger partial charge in [-0.2, -0.15) is 0 Å². The van der Waals surface area contributed by atoms with E-state index in [4.69, 9.17) is 0 Å². The monoisotopic (exact) mass is 651 g/mol. The summed E-state index contributed by atoms with van der Waals surface area (Å²) in [5, 5.41) is 23.8. The number of benzene rings is 2. The van der Waals surface area contributed by atoms with Crippen molar-refractivity contribution in [3.05, 3.63) is 66.9 Å². The number of nitrogens with zero attached hydrogens (tertiary/aromatic N) is 1. The first-order valence-electron chi connectivity index (χ1n) is 13.3. The van der Waals surface area contributed by atoms with Gasteiger partial charge in [0.2, 0.25) is 0 Å². The maximum Gasteiger partial charge on any atom is 0.0623 e. The average molecular weight is 651 g/mol. The molecule has 0 spiro atoms. The van der Waals surface area contributed by atoms with Gasteiger partial charge in [-0.15, -0.1) is 35.9 Å². The Kier molecular flexibility index (Phi) is 10.9. The van der Waals surface area contributed by atoms with Crippen molar-refractivity contribution in [3.63, 3.8) is 0 Å². The topological polar surface area (TPSA) is 53.4 Å². The van der Waals surface area contributed by atoms with Gasteiger partial charge in [0, 0.05) is 32.2 Å². The molecule has 3 nitrogen and oxygen atoms in total. The zero-order valence-corrected chi connectivity index (χ0v) is 23.5. The Morgan fingerprint density at radius 2 is 1.43 bits per heavy atom. The van der Waals surface area contributed by atoms with Gasteiger partial charge in [-0.25, -0.2) is 0 Å². The van der Waals surface area contributed by atoms with E-state index in [1.165, 1.54) is 36.5 Å². The van der Waals surface area contributed by atoms with Crippen LogP contribution in [0.1, 0.15) is 65.2 Å². The van der Waals surface area contributed by atoms with Crippen molar-refractivity contribution >= 4 is 10.8 Å². The minimum absolute atomic E-state index is 0. The second-order valence-corrected chi connectivity index (χ2v) is 10.2. The number of hydrogen-bond donors (Lipinski definition) is 2. The van der Waals surface area contributed by atoms with Crippen molar-refractivity contribution in [3.8, 4) is 11.3 Å². The molecule has 4 unspecified atom stereocenters.